The number of hydrogen-bond acceptors (Lipinski definition) is 7. The van der Waals surface area contributed by atoms with E-state index in [1.807, 2.05) is 35.7 Å². The topological polar surface area (TPSA) is 93.6 Å². The number of hydrogen-bond donors (Lipinski definition) is 0. The Balaban J connectivity index is 1.61. The Bertz CT molecular complexity index is 1050. The fourth-order valence-corrected chi connectivity index (χ4v) is 5.69. The molecule has 0 N–H and O–H groups in total. The Kier molecular flexibility index (Phi) is 8.58. The fourth-order valence-electron chi connectivity index (χ4n) is 3.41. The highest BCUT2D eigenvalue weighted by Crippen LogP contribution is 2.28. The van der Waals surface area contributed by atoms with Crippen LogP contribution in [0.5, 0.6) is 0 Å². The molecule has 7 nitrogen and oxygen atoms in total. The summed E-state index contributed by atoms with van der Waals surface area (Å²) in [4.78, 5) is 31.2. The van der Waals surface area contributed by atoms with E-state index in [0.29, 0.717) is 11.7 Å². The molecule has 0 aliphatic carbocycles. The molecule has 1 aliphatic rings. The second-order valence-electron chi connectivity index (χ2n) is 7.77. The Morgan fingerprint density at radius 1 is 1.19 bits per heavy atom. The maximum absolute atomic E-state index is 12.9. The number of esters is 1. The van der Waals surface area contributed by atoms with Gasteiger partial charge in [-0.25, -0.2) is 13.4 Å². The first-order valence-corrected chi connectivity index (χ1v) is 13.4. The molecule has 1 amide bonds. The predicted octanol–water partition coefficient (Wildman–Crippen LogP) is 4.22. The summed E-state index contributed by atoms with van der Waals surface area (Å²) < 4.78 is 28.1. The number of ether oxygens (including phenoxy) is 1. The number of benzene rings is 1. The molecule has 1 aromatic heterocycles. The van der Waals surface area contributed by atoms with Gasteiger partial charge in [0.05, 0.1) is 17.9 Å². The number of anilines is 1. The number of unbranched alkanes of at least 4 members (excludes halogenated alkanes) is 3. The van der Waals surface area contributed by atoms with Crippen LogP contribution < -0.4 is 4.90 Å². The fraction of sp³-hybridized carbons (Fsp3) is 0.435. The van der Waals surface area contributed by atoms with Crippen LogP contribution in [0.1, 0.15) is 39.0 Å². The van der Waals surface area contributed by atoms with E-state index in [2.05, 4.69) is 11.9 Å². The van der Waals surface area contributed by atoms with Crippen molar-refractivity contribution in [3.8, 4) is 11.3 Å². The van der Waals surface area contributed by atoms with Crippen LogP contribution in [0.15, 0.2) is 47.2 Å². The summed E-state index contributed by atoms with van der Waals surface area (Å²) in [7, 11) is -3.23. The Morgan fingerprint density at radius 2 is 1.97 bits per heavy atom. The number of carbonyl (C=O) groups is 2. The minimum absolute atomic E-state index is 0.0606. The van der Waals surface area contributed by atoms with Gasteiger partial charge in [0.2, 0.25) is 0 Å². The normalized spacial score (nSPS) is 16.7. The molecule has 3 rings (SSSR count). The van der Waals surface area contributed by atoms with Gasteiger partial charge in [0, 0.05) is 28.8 Å². The first kappa shape index (κ1) is 24.1. The van der Waals surface area contributed by atoms with E-state index < -0.39 is 28.3 Å². The van der Waals surface area contributed by atoms with Gasteiger partial charge in [-0.15, -0.1) is 11.3 Å². The summed E-state index contributed by atoms with van der Waals surface area (Å²) in [6, 6.07) is 9.74. The van der Waals surface area contributed by atoms with Crippen LogP contribution in [0.25, 0.3) is 11.3 Å². The lowest BCUT2D eigenvalue weighted by Gasteiger charge is -2.20. The van der Waals surface area contributed by atoms with Crippen LogP contribution in [-0.2, 0) is 24.2 Å². The minimum atomic E-state index is -3.23. The third kappa shape index (κ3) is 7.00. The molecule has 1 unspecified atom stereocenters. The third-order valence-corrected chi connectivity index (χ3v) is 7.45. The smallest absolute Gasteiger partial charge is 0.306 e. The average molecular weight is 477 g/mol. The van der Waals surface area contributed by atoms with Gasteiger partial charge in [0.1, 0.15) is 0 Å². The van der Waals surface area contributed by atoms with Gasteiger partial charge < -0.3 is 4.74 Å². The van der Waals surface area contributed by atoms with Gasteiger partial charge in [0.25, 0.3) is 5.91 Å². The number of amides is 1. The van der Waals surface area contributed by atoms with E-state index >= 15 is 0 Å². The summed E-state index contributed by atoms with van der Waals surface area (Å²) in [5.74, 6) is -1.42. The summed E-state index contributed by atoms with van der Waals surface area (Å²) in [6.45, 7) is 2.23. The molecule has 1 aliphatic heterocycles. The van der Waals surface area contributed by atoms with Crippen LogP contribution in [0.3, 0.4) is 0 Å². The molecule has 0 spiro atoms. The van der Waals surface area contributed by atoms with Gasteiger partial charge in [-0.05, 0) is 6.42 Å². The molecular weight excluding hydrogens is 448 g/mol. The summed E-state index contributed by atoms with van der Waals surface area (Å²) in [6.07, 6.45) is 5.44. The Hall–Kier alpha value is -2.52. The summed E-state index contributed by atoms with van der Waals surface area (Å²) >= 11 is 1.38. The summed E-state index contributed by atoms with van der Waals surface area (Å²) in [5, 5.41) is 3.61. The second-order valence-corrected chi connectivity index (χ2v) is 10.5. The number of sulfone groups is 1. The zero-order valence-electron chi connectivity index (χ0n) is 18.1. The van der Waals surface area contributed by atoms with Crippen LogP contribution in [0.2, 0.25) is 0 Å². The number of nitrogens with zero attached hydrogens (tertiary/aromatic N) is 2. The quantitative estimate of drug-likeness (QED) is 0.356. The molecular formula is C23H28N2O5S2. The van der Waals surface area contributed by atoms with Gasteiger partial charge in [-0.3, -0.25) is 14.5 Å². The minimum Gasteiger partial charge on any atom is -0.456 e. The molecule has 1 atom stereocenters. The van der Waals surface area contributed by atoms with Crippen LogP contribution in [0.4, 0.5) is 5.13 Å². The lowest BCUT2D eigenvalue weighted by molar-refractivity contribution is -0.148. The van der Waals surface area contributed by atoms with Gasteiger partial charge in [-0.1, -0.05) is 62.6 Å². The number of allylic oxidation sites excluding steroid dienone is 1. The average Bonchev–Trinajstić information content (AvgIpc) is 3.39. The van der Waals surface area contributed by atoms with Crippen molar-refractivity contribution in [3.63, 3.8) is 0 Å². The van der Waals surface area contributed by atoms with E-state index in [1.54, 1.807) is 4.90 Å². The van der Waals surface area contributed by atoms with Crippen molar-refractivity contribution in [2.45, 2.75) is 39.0 Å². The molecule has 2 aromatic rings. The number of carbonyl (C=O) groups excluding carboxylic acids is 2. The van der Waals surface area contributed by atoms with Crippen molar-refractivity contribution in [3.05, 3.63) is 47.2 Å². The molecule has 0 fully saturated rings. The first-order chi connectivity index (χ1) is 15.4. The van der Waals surface area contributed by atoms with Crippen molar-refractivity contribution in [2.75, 3.05) is 23.8 Å². The van der Waals surface area contributed by atoms with E-state index in [4.69, 9.17) is 4.74 Å². The number of aromatic nitrogens is 1. The largest absolute Gasteiger partial charge is 0.456 e. The van der Waals surface area contributed by atoms with E-state index in [-0.39, 0.29) is 18.1 Å². The molecule has 9 heteroatoms. The van der Waals surface area contributed by atoms with E-state index in [9.17, 15) is 18.0 Å². The number of rotatable bonds is 11. The molecule has 0 bridgehead atoms. The van der Waals surface area contributed by atoms with E-state index in [0.717, 1.165) is 42.3 Å². The molecule has 0 radical (unpaired) electrons. The van der Waals surface area contributed by atoms with Crippen molar-refractivity contribution in [1.29, 1.82) is 0 Å². The zero-order chi connectivity index (χ0) is 23.0. The molecule has 0 saturated carbocycles. The maximum atomic E-state index is 12.9. The lowest BCUT2D eigenvalue weighted by atomic mass is 10.1. The standard InChI is InChI=1S/C23H28N2O5S2/c1-2-3-4-8-12-25(23-24-20(16-31-23)19-9-6-5-7-10-19)21(26)15-30-22(27)14-18-11-13-32(28,29)17-18/h5-7,9-11,13,16,18H,2-4,8,12,14-15,17H2,1H3. The zero-order valence-corrected chi connectivity index (χ0v) is 19.7. The van der Waals surface area contributed by atoms with Crippen molar-refractivity contribution >= 4 is 38.2 Å². The highest BCUT2D eigenvalue weighted by Gasteiger charge is 2.26. The third-order valence-electron chi connectivity index (χ3n) is 5.12. The molecule has 32 heavy (non-hydrogen) atoms. The Labute approximate surface area is 193 Å². The molecule has 172 valence electrons. The lowest BCUT2D eigenvalue weighted by Crippen LogP contribution is -2.35. The van der Waals surface area contributed by atoms with E-state index in [1.165, 1.54) is 17.4 Å². The van der Waals surface area contributed by atoms with Crippen LogP contribution >= 0.6 is 11.3 Å². The van der Waals surface area contributed by atoms with Gasteiger partial charge >= 0.3 is 5.97 Å². The van der Waals surface area contributed by atoms with Crippen molar-refractivity contribution < 1.29 is 22.7 Å². The second kappa shape index (κ2) is 11.4. The van der Waals surface area contributed by atoms with Crippen molar-refractivity contribution in [1.82, 2.24) is 4.98 Å². The molecule has 0 saturated heterocycles. The van der Waals surface area contributed by atoms with Crippen LogP contribution in [0, 0.1) is 5.92 Å². The number of thiazole rings is 1. The monoisotopic (exact) mass is 476 g/mol. The van der Waals surface area contributed by atoms with Gasteiger partial charge in [-0.2, -0.15) is 0 Å². The van der Waals surface area contributed by atoms with Crippen molar-refractivity contribution in [2.24, 2.45) is 5.92 Å². The highest BCUT2D eigenvalue weighted by atomic mass is 32.2. The maximum Gasteiger partial charge on any atom is 0.306 e. The first-order valence-electron chi connectivity index (χ1n) is 10.8. The highest BCUT2D eigenvalue weighted by molar-refractivity contribution is 7.94. The SMILES string of the molecule is CCCCCCN(C(=O)COC(=O)CC1C=CS(=O)(=O)C1)c1nc(-c2ccccc2)cs1. The van der Waals surface area contributed by atoms with Crippen LogP contribution in [-0.4, -0.2) is 44.2 Å². The Morgan fingerprint density at radius 3 is 2.66 bits per heavy atom. The molecule has 2 heterocycles. The van der Waals surface area contributed by atoms with Gasteiger partial charge in [0.15, 0.2) is 21.6 Å². The summed E-state index contributed by atoms with van der Waals surface area (Å²) in [5.41, 5.74) is 1.77. The molecule has 1 aromatic carbocycles. The predicted molar refractivity (Wildman–Crippen MR) is 126 cm³/mol.